The second-order valence-electron chi connectivity index (χ2n) is 9.50. The monoisotopic (exact) mass is 461 g/mol. The summed E-state index contributed by atoms with van der Waals surface area (Å²) in [5.74, 6) is 0.155. The third kappa shape index (κ3) is 4.57. The smallest absolute Gasteiger partial charge is 0.257 e. The molecule has 1 unspecified atom stereocenters. The number of likely N-dealkylation sites (tertiary alicyclic amines) is 1. The molecule has 2 heterocycles. The van der Waals surface area contributed by atoms with Crippen molar-refractivity contribution in [1.29, 1.82) is 0 Å². The molecule has 0 spiro atoms. The van der Waals surface area contributed by atoms with Gasteiger partial charge in [-0.05, 0) is 55.5 Å². The highest BCUT2D eigenvalue weighted by Gasteiger charge is 2.49. The van der Waals surface area contributed by atoms with Gasteiger partial charge in [0.05, 0.1) is 19.2 Å². The Kier molecular flexibility index (Phi) is 6.37. The first kappa shape index (κ1) is 22.6. The van der Waals surface area contributed by atoms with Crippen LogP contribution >= 0.6 is 0 Å². The van der Waals surface area contributed by atoms with Crippen molar-refractivity contribution in [3.63, 3.8) is 0 Å². The van der Waals surface area contributed by atoms with Gasteiger partial charge in [-0.1, -0.05) is 30.3 Å². The summed E-state index contributed by atoms with van der Waals surface area (Å²) in [6, 6.07) is 16.6. The van der Waals surface area contributed by atoms with Gasteiger partial charge in [0.2, 0.25) is 11.8 Å². The highest BCUT2D eigenvalue weighted by molar-refractivity contribution is 6.23. The van der Waals surface area contributed by atoms with Crippen molar-refractivity contribution in [3.8, 4) is 5.75 Å². The van der Waals surface area contributed by atoms with Crippen LogP contribution in [0.4, 0.5) is 5.69 Å². The molecule has 1 saturated carbocycles. The van der Waals surface area contributed by atoms with Gasteiger partial charge >= 0.3 is 0 Å². The molecule has 0 N–H and O–H groups in total. The molecule has 1 atom stereocenters. The predicted molar refractivity (Wildman–Crippen MR) is 128 cm³/mol. The number of anilines is 1. The first-order chi connectivity index (χ1) is 16.5. The van der Waals surface area contributed by atoms with E-state index in [0.717, 1.165) is 45.3 Å². The molecular weight excluding hydrogens is 430 g/mol. The number of imide groups is 1. The third-order valence-corrected chi connectivity index (χ3v) is 7.17. The van der Waals surface area contributed by atoms with Crippen LogP contribution in [0.1, 0.15) is 37.7 Å². The Morgan fingerprint density at radius 3 is 2.26 bits per heavy atom. The number of benzene rings is 2. The quantitative estimate of drug-likeness (QED) is 0.592. The number of methoxy groups -OCH3 is 1. The molecular formula is C27H31N3O4. The number of nitrogens with zero attached hydrogens (tertiary/aromatic N) is 3. The lowest BCUT2D eigenvalue weighted by Crippen LogP contribution is -2.54. The van der Waals surface area contributed by atoms with E-state index in [1.165, 1.54) is 10.5 Å². The number of hydrogen-bond donors (Lipinski definition) is 0. The molecule has 2 aromatic rings. The first-order valence-electron chi connectivity index (χ1n) is 12.1. The Bertz CT molecular complexity index is 1040. The molecule has 2 aliphatic heterocycles. The van der Waals surface area contributed by atoms with E-state index in [4.69, 9.17) is 4.74 Å². The van der Waals surface area contributed by atoms with Crippen molar-refractivity contribution in [2.45, 2.75) is 50.7 Å². The lowest BCUT2D eigenvalue weighted by Gasteiger charge is -2.41. The Balaban J connectivity index is 1.31. The topological polar surface area (TPSA) is 70.2 Å². The molecule has 34 heavy (non-hydrogen) atoms. The van der Waals surface area contributed by atoms with E-state index in [1.54, 1.807) is 36.3 Å². The first-order valence-corrected chi connectivity index (χ1v) is 12.1. The molecule has 2 aromatic carbocycles. The van der Waals surface area contributed by atoms with Gasteiger partial charge in [0, 0.05) is 31.6 Å². The van der Waals surface area contributed by atoms with Gasteiger partial charge in [0.25, 0.3) is 5.91 Å². The SMILES string of the molecule is COc1ccc(N2C(=O)CC(N(C(=O)C3CC3)C3CCN(Cc4ccccc4)CC3)C2=O)cc1. The zero-order valence-corrected chi connectivity index (χ0v) is 19.6. The normalized spacial score (nSPS) is 21.7. The van der Waals surface area contributed by atoms with Gasteiger partial charge in [-0.2, -0.15) is 0 Å². The van der Waals surface area contributed by atoms with Crippen molar-refractivity contribution < 1.29 is 19.1 Å². The summed E-state index contributed by atoms with van der Waals surface area (Å²) in [4.78, 5) is 45.2. The van der Waals surface area contributed by atoms with E-state index in [1.807, 2.05) is 6.07 Å². The highest BCUT2D eigenvalue weighted by Crippen LogP contribution is 2.37. The summed E-state index contributed by atoms with van der Waals surface area (Å²) in [5.41, 5.74) is 1.80. The van der Waals surface area contributed by atoms with Crippen LogP contribution in [-0.2, 0) is 20.9 Å². The van der Waals surface area contributed by atoms with Crippen LogP contribution in [0.2, 0.25) is 0 Å². The fourth-order valence-electron chi connectivity index (χ4n) is 5.16. The van der Waals surface area contributed by atoms with Gasteiger partial charge in [0.15, 0.2) is 0 Å². The molecule has 2 saturated heterocycles. The van der Waals surface area contributed by atoms with Gasteiger partial charge < -0.3 is 9.64 Å². The van der Waals surface area contributed by atoms with E-state index >= 15 is 0 Å². The number of rotatable bonds is 7. The number of hydrogen-bond acceptors (Lipinski definition) is 5. The molecule has 5 rings (SSSR count). The molecule has 3 fully saturated rings. The van der Waals surface area contributed by atoms with E-state index in [-0.39, 0.29) is 36.1 Å². The maximum atomic E-state index is 13.5. The average molecular weight is 462 g/mol. The number of piperidine rings is 1. The number of carbonyl (C=O) groups excluding carboxylic acids is 3. The standard InChI is InChI=1S/C27H31N3O4/c1-34-23-11-9-21(10-12-23)30-25(31)17-24(27(30)33)29(26(32)20-7-8-20)22-13-15-28(16-14-22)18-19-5-3-2-4-6-19/h2-6,9-12,20,22,24H,7-8,13-18H2,1H3. The van der Waals surface area contributed by atoms with Gasteiger partial charge in [-0.3, -0.25) is 19.3 Å². The summed E-state index contributed by atoms with van der Waals surface area (Å²) in [6.45, 7) is 2.62. The lowest BCUT2D eigenvalue weighted by molar-refractivity contribution is -0.143. The zero-order chi connectivity index (χ0) is 23.7. The Labute approximate surface area is 200 Å². The van der Waals surface area contributed by atoms with Crippen molar-refractivity contribution in [1.82, 2.24) is 9.80 Å². The van der Waals surface area contributed by atoms with Crippen molar-refractivity contribution in [3.05, 3.63) is 60.2 Å². The van der Waals surface area contributed by atoms with Crippen LogP contribution in [0, 0.1) is 5.92 Å². The summed E-state index contributed by atoms with van der Waals surface area (Å²) in [6.07, 6.45) is 3.42. The molecule has 7 nitrogen and oxygen atoms in total. The number of carbonyl (C=O) groups is 3. The van der Waals surface area contributed by atoms with E-state index in [0.29, 0.717) is 11.4 Å². The van der Waals surface area contributed by atoms with Crippen LogP contribution in [0.15, 0.2) is 54.6 Å². The largest absolute Gasteiger partial charge is 0.497 e. The summed E-state index contributed by atoms with van der Waals surface area (Å²) in [5, 5.41) is 0. The third-order valence-electron chi connectivity index (χ3n) is 7.17. The van der Waals surface area contributed by atoms with Crippen LogP contribution in [0.3, 0.4) is 0 Å². The molecule has 0 radical (unpaired) electrons. The minimum absolute atomic E-state index is 0.000266. The fourth-order valence-corrected chi connectivity index (χ4v) is 5.16. The van der Waals surface area contributed by atoms with Crippen molar-refractivity contribution in [2.24, 2.45) is 5.92 Å². The molecule has 3 aliphatic rings. The van der Waals surface area contributed by atoms with Crippen LogP contribution in [-0.4, -0.2) is 59.8 Å². The van der Waals surface area contributed by atoms with E-state index < -0.39 is 6.04 Å². The van der Waals surface area contributed by atoms with Gasteiger partial charge in [0.1, 0.15) is 11.8 Å². The van der Waals surface area contributed by atoms with Crippen molar-refractivity contribution in [2.75, 3.05) is 25.1 Å². The fraction of sp³-hybridized carbons (Fsp3) is 0.444. The van der Waals surface area contributed by atoms with Gasteiger partial charge in [-0.15, -0.1) is 0 Å². The average Bonchev–Trinajstić information content (AvgIpc) is 3.67. The van der Waals surface area contributed by atoms with Crippen molar-refractivity contribution >= 4 is 23.4 Å². The lowest BCUT2D eigenvalue weighted by atomic mass is 9.99. The molecule has 7 heteroatoms. The Morgan fingerprint density at radius 2 is 1.65 bits per heavy atom. The zero-order valence-electron chi connectivity index (χ0n) is 19.6. The van der Waals surface area contributed by atoms with Gasteiger partial charge in [-0.25, -0.2) is 4.90 Å². The minimum Gasteiger partial charge on any atom is -0.497 e. The second kappa shape index (κ2) is 9.58. The Hall–Kier alpha value is -3.19. The molecule has 0 aromatic heterocycles. The van der Waals surface area contributed by atoms with Crippen LogP contribution < -0.4 is 9.64 Å². The maximum Gasteiger partial charge on any atom is 0.257 e. The molecule has 178 valence electrons. The van der Waals surface area contributed by atoms with E-state index in [9.17, 15) is 14.4 Å². The number of amides is 3. The minimum atomic E-state index is -0.714. The summed E-state index contributed by atoms with van der Waals surface area (Å²) < 4.78 is 5.19. The highest BCUT2D eigenvalue weighted by atomic mass is 16.5. The summed E-state index contributed by atoms with van der Waals surface area (Å²) >= 11 is 0. The van der Waals surface area contributed by atoms with Crippen LogP contribution in [0.25, 0.3) is 0 Å². The molecule has 1 aliphatic carbocycles. The molecule has 0 bridgehead atoms. The summed E-state index contributed by atoms with van der Waals surface area (Å²) in [7, 11) is 1.57. The number of ether oxygens (including phenoxy) is 1. The molecule has 3 amide bonds. The predicted octanol–water partition coefficient (Wildman–Crippen LogP) is 3.23. The maximum absolute atomic E-state index is 13.5. The van der Waals surface area contributed by atoms with E-state index in [2.05, 4.69) is 29.2 Å². The second-order valence-corrected chi connectivity index (χ2v) is 9.50. The Morgan fingerprint density at radius 1 is 0.971 bits per heavy atom. The van der Waals surface area contributed by atoms with Crippen LogP contribution in [0.5, 0.6) is 5.75 Å².